The molecular weight excluding hydrogens is 488 g/mol. The average Bonchev–Trinajstić information content (AvgIpc) is 2.91. The predicted octanol–water partition coefficient (Wildman–Crippen LogP) is 1.61. The van der Waals surface area contributed by atoms with Crippen LogP contribution >= 0.6 is 0 Å². The summed E-state index contributed by atoms with van der Waals surface area (Å²) < 4.78 is 16.3. The summed E-state index contributed by atoms with van der Waals surface area (Å²) in [5.41, 5.74) is 14.0. The van der Waals surface area contributed by atoms with Crippen LogP contribution in [-0.2, 0) is 25.5 Å². The first-order valence-corrected chi connectivity index (χ1v) is 12.9. The van der Waals surface area contributed by atoms with E-state index in [2.05, 4.69) is 21.6 Å². The van der Waals surface area contributed by atoms with Gasteiger partial charge in [-0.05, 0) is 49.6 Å². The number of benzene rings is 2. The van der Waals surface area contributed by atoms with E-state index in [1.807, 2.05) is 42.5 Å². The van der Waals surface area contributed by atoms with Crippen LogP contribution in [0.4, 0.5) is 11.4 Å². The Labute approximate surface area is 223 Å². The van der Waals surface area contributed by atoms with Gasteiger partial charge in [0.1, 0.15) is 18.4 Å². The molecule has 0 radical (unpaired) electrons. The minimum atomic E-state index is -0.953. The Morgan fingerprint density at radius 1 is 1.13 bits per heavy atom. The Morgan fingerprint density at radius 3 is 2.63 bits per heavy atom. The lowest BCUT2D eigenvalue weighted by molar-refractivity contribution is -0.169. The number of para-hydroxylation sites is 2. The van der Waals surface area contributed by atoms with Gasteiger partial charge < -0.3 is 41.2 Å². The second-order valence-corrected chi connectivity index (χ2v) is 8.90. The van der Waals surface area contributed by atoms with Crippen molar-refractivity contribution in [3.05, 3.63) is 54.1 Å². The van der Waals surface area contributed by atoms with Crippen molar-refractivity contribution >= 4 is 29.3 Å². The molecule has 3 rings (SSSR count). The maximum absolute atomic E-state index is 12.6. The third-order valence-electron chi connectivity index (χ3n) is 6.05. The lowest BCUT2D eigenvalue weighted by Gasteiger charge is -2.31. The van der Waals surface area contributed by atoms with Crippen LogP contribution in [0.2, 0.25) is 0 Å². The summed E-state index contributed by atoms with van der Waals surface area (Å²) >= 11 is 0. The van der Waals surface area contributed by atoms with E-state index in [4.69, 9.17) is 31.1 Å². The molecule has 206 valence electrons. The maximum atomic E-state index is 12.6. The minimum absolute atomic E-state index is 0.154. The second-order valence-electron chi connectivity index (χ2n) is 8.90. The Balaban J connectivity index is 1.45. The Morgan fingerprint density at radius 2 is 1.89 bits per heavy atom. The number of hydrogen-bond donors (Lipinski definition) is 5. The molecule has 0 fully saturated rings. The second kappa shape index (κ2) is 14.8. The molecule has 1 unspecified atom stereocenters. The number of carbonyl (C=O) groups excluding carboxylic acids is 2. The van der Waals surface area contributed by atoms with E-state index in [1.165, 1.54) is 0 Å². The normalized spacial score (nSPS) is 14.0. The van der Waals surface area contributed by atoms with Gasteiger partial charge in [0.2, 0.25) is 0 Å². The highest BCUT2D eigenvalue weighted by molar-refractivity contribution is 5.90. The number of carbonyl (C=O) groups is 2. The van der Waals surface area contributed by atoms with Crippen molar-refractivity contribution in [1.29, 1.82) is 5.41 Å². The van der Waals surface area contributed by atoms with E-state index in [1.54, 1.807) is 6.92 Å². The Hall–Kier alpha value is -3.83. The van der Waals surface area contributed by atoms with Crippen molar-refractivity contribution in [2.24, 2.45) is 11.5 Å². The van der Waals surface area contributed by atoms with Crippen molar-refractivity contribution < 1.29 is 23.8 Å². The number of ether oxygens (including phenoxy) is 3. The van der Waals surface area contributed by atoms with Crippen LogP contribution in [0.1, 0.15) is 25.3 Å². The molecule has 1 aliphatic heterocycles. The summed E-state index contributed by atoms with van der Waals surface area (Å²) in [6, 6.07) is 14.8. The zero-order chi connectivity index (χ0) is 27.3. The molecule has 0 aliphatic carbocycles. The molecule has 1 heterocycles. The van der Waals surface area contributed by atoms with Gasteiger partial charge in [-0.25, -0.2) is 9.59 Å². The smallest absolute Gasteiger partial charge is 0.343 e. The van der Waals surface area contributed by atoms with Gasteiger partial charge >= 0.3 is 11.9 Å². The van der Waals surface area contributed by atoms with E-state index in [-0.39, 0.29) is 18.8 Å². The first kappa shape index (κ1) is 28.7. The molecule has 0 spiro atoms. The standard InChI is InChI=1S/C27H38N6O5/c1-2-36-24(26(35)38-25(34)21(28)6-5-13-32-27(29)30)18-19-9-11-20(12-10-19)31-14-15-33-16-17-37-23-8-4-3-7-22(23)33/h3-4,7-12,21,24,31H,2,5-6,13-18,28H2,1H3,(H4,29,30,32)/t21-,24?/m0/s1. The molecule has 2 aromatic rings. The van der Waals surface area contributed by atoms with Crippen LogP contribution in [0.3, 0.4) is 0 Å². The first-order valence-electron chi connectivity index (χ1n) is 12.9. The lowest BCUT2D eigenvalue weighted by Crippen LogP contribution is -2.39. The summed E-state index contributed by atoms with van der Waals surface area (Å²) in [6.07, 6.45) is 0.135. The maximum Gasteiger partial charge on any atom is 0.343 e. The van der Waals surface area contributed by atoms with Crippen LogP contribution in [0.5, 0.6) is 5.75 Å². The predicted molar refractivity (Wildman–Crippen MR) is 146 cm³/mol. The summed E-state index contributed by atoms with van der Waals surface area (Å²) in [6.45, 7) is 5.58. The summed E-state index contributed by atoms with van der Waals surface area (Å²) in [4.78, 5) is 27.2. The summed E-state index contributed by atoms with van der Waals surface area (Å²) in [5.74, 6) is -0.804. The molecule has 11 heteroatoms. The topological polar surface area (TPSA) is 165 Å². The van der Waals surface area contributed by atoms with Crippen LogP contribution in [0.25, 0.3) is 0 Å². The average molecular weight is 527 g/mol. The third kappa shape index (κ3) is 8.93. The number of anilines is 2. The van der Waals surface area contributed by atoms with Crippen LogP contribution in [0, 0.1) is 5.41 Å². The number of nitrogens with two attached hydrogens (primary N) is 2. The van der Waals surface area contributed by atoms with Gasteiger partial charge in [-0.2, -0.15) is 0 Å². The van der Waals surface area contributed by atoms with Gasteiger partial charge in [0.15, 0.2) is 12.1 Å². The first-order chi connectivity index (χ1) is 18.4. The molecule has 0 saturated heterocycles. The van der Waals surface area contributed by atoms with Crippen LogP contribution in [0.15, 0.2) is 48.5 Å². The van der Waals surface area contributed by atoms with E-state index >= 15 is 0 Å². The van der Waals surface area contributed by atoms with E-state index in [0.717, 1.165) is 42.3 Å². The SMILES string of the molecule is CCOC(Cc1ccc(NCCN2CCOc3ccccc32)cc1)C(=O)OC(=O)[C@@H](N)CCCNC(=N)N. The highest BCUT2D eigenvalue weighted by atomic mass is 16.6. The molecule has 1 aliphatic rings. The van der Waals surface area contributed by atoms with Gasteiger partial charge in [0, 0.05) is 38.3 Å². The van der Waals surface area contributed by atoms with Gasteiger partial charge in [0.05, 0.1) is 12.2 Å². The summed E-state index contributed by atoms with van der Waals surface area (Å²) in [7, 11) is 0. The number of fused-ring (bicyclic) bond motifs is 1. The highest BCUT2D eigenvalue weighted by Gasteiger charge is 2.26. The van der Waals surface area contributed by atoms with Gasteiger partial charge in [-0.3, -0.25) is 5.41 Å². The quantitative estimate of drug-likeness (QED) is 0.0803. The molecule has 11 nitrogen and oxygen atoms in total. The van der Waals surface area contributed by atoms with E-state index in [0.29, 0.717) is 26.2 Å². The van der Waals surface area contributed by atoms with Crippen molar-refractivity contribution in [2.45, 2.75) is 38.3 Å². The zero-order valence-electron chi connectivity index (χ0n) is 21.8. The lowest BCUT2D eigenvalue weighted by atomic mass is 10.1. The Kier molecular flexibility index (Phi) is 11.2. The van der Waals surface area contributed by atoms with Crippen molar-refractivity contribution in [3.63, 3.8) is 0 Å². The molecule has 0 amide bonds. The Bertz CT molecular complexity index is 1060. The number of rotatable bonds is 14. The van der Waals surface area contributed by atoms with E-state index in [9.17, 15) is 9.59 Å². The van der Waals surface area contributed by atoms with Crippen molar-refractivity contribution in [1.82, 2.24) is 5.32 Å². The molecule has 2 aromatic carbocycles. The van der Waals surface area contributed by atoms with Crippen LogP contribution < -0.4 is 31.7 Å². The van der Waals surface area contributed by atoms with Crippen molar-refractivity contribution in [2.75, 3.05) is 49.6 Å². The zero-order valence-corrected chi connectivity index (χ0v) is 21.8. The fraction of sp³-hybridized carbons (Fsp3) is 0.444. The summed E-state index contributed by atoms with van der Waals surface area (Å²) in [5, 5.41) is 13.2. The fourth-order valence-electron chi connectivity index (χ4n) is 4.08. The molecule has 0 aromatic heterocycles. The van der Waals surface area contributed by atoms with Gasteiger partial charge in [0.25, 0.3) is 0 Å². The number of esters is 2. The molecule has 0 saturated carbocycles. The molecule has 38 heavy (non-hydrogen) atoms. The van der Waals surface area contributed by atoms with Gasteiger partial charge in [-0.15, -0.1) is 0 Å². The van der Waals surface area contributed by atoms with E-state index < -0.39 is 24.1 Å². The number of guanidine groups is 1. The molecule has 7 N–H and O–H groups in total. The minimum Gasteiger partial charge on any atom is -0.490 e. The molecule has 0 bridgehead atoms. The third-order valence-corrected chi connectivity index (χ3v) is 6.05. The monoisotopic (exact) mass is 526 g/mol. The molecule has 2 atom stereocenters. The van der Waals surface area contributed by atoms with Crippen LogP contribution in [-0.4, -0.2) is 69.4 Å². The van der Waals surface area contributed by atoms with Crippen molar-refractivity contribution in [3.8, 4) is 5.75 Å². The largest absolute Gasteiger partial charge is 0.490 e. The number of nitrogens with zero attached hydrogens (tertiary/aromatic N) is 1. The number of nitrogens with one attached hydrogen (secondary N) is 3. The number of hydrogen-bond acceptors (Lipinski definition) is 9. The molecular formula is C27H38N6O5. The highest BCUT2D eigenvalue weighted by Crippen LogP contribution is 2.30. The van der Waals surface area contributed by atoms with Gasteiger partial charge in [-0.1, -0.05) is 24.3 Å². The fourth-order valence-corrected chi connectivity index (χ4v) is 4.08.